The predicted molar refractivity (Wildman–Crippen MR) is 176 cm³/mol. The zero-order valence-electron chi connectivity index (χ0n) is 28.3. The maximum absolute atomic E-state index is 11.9. The first-order valence-electron chi connectivity index (χ1n) is 18.3. The van der Waals surface area contributed by atoms with Gasteiger partial charge in [0.2, 0.25) is 0 Å². The summed E-state index contributed by atoms with van der Waals surface area (Å²) in [5.74, 6) is -0.108. The van der Waals surface area contributed by atoms with Gasteiger partial charge in [0.1, 0.15) is 0 Å². The highest BCUT2D eigenvalue weighted by molar-refractivity contribution is 5.69. The summed E-state index contributed by atoms with van der Waals surface area (Å²) in [6, 6.07) is 0. The first kappa shape index (κ1) is 41.3. The second-order valence-corrected chi connectivity index (χ2v) is 11.8. The Morgan fingerprint density at radius 2 is 0.619 bits per heavy atom. The van der Waals surface area contributed by atoms with Crippen LogP contribution in [-0.4, -0.2) is 65.4 Å². The number of esters is 1. The van der Waals surface area contributed by atoms with Gasteiger partial charge in [-0.15, -0.1) is 0 Å². The van der Waals surface area contributed by atoms with Crippen LogP contribution >= 0.6 is 0 Å². The summed E-state index contributed by atoms with van der Waals surface area (Å²) in [6.07, 6.45) is 30.4. The highest BCUT2D eigenvalue weighted by Gasteiger charge is 2.03. The van der Waals surface area contributed by atoms with Crippen molar-refractivity contribution in [3.05, 3.63) is 0 Å². The van der Waals surface area contributed by atoms with Gasteiger partial charge in [0.05, 0.1) is 46.2 Å². The molecular formula is C36H72O6. The molecule has 6 nitrogen and oxygen atoms in total. The van der Waals surface area contributed by atoms with Crippen LogP contribution in [0.5, 0.6) is 0 Å². The molecule has 0 unspecified atom stereocenters. The molecule has 0 radical (unpaired) electrons. The number of rotatable bonds is 37. The molecule has 0 spiro atoms. The van der Waals surface area contributed by atoms with Gasteiger partial charge < -0.3 is 23.7 Å². The van der Waals surface area contributed by atoms with E-state index in [0.29, 0.717) is 65.7 Å². The Morgan fingerprint density at radius 1 is 0.333 bits per heavy atom. The summed E-state index contributed by atoms with van der Waals surface area (Å²) in [4.78, 5) is 11.9. The molecule has 0 aromatic heterocycles. The van der Waals surface area contributed by atoms with Crippen molar-refractivity contribution in [2.75, 3.05) is 59.5 Å². The van der Waals surface area contributed by atoms with Crippen molar-refractivity contribution in [1.82, 2.24) is 0 Å². The predicted octanol–water partition coefficient (Wildman–Crippen LogP) is 10.00. The maximum atomic E-state index is 11.9. The minimum atomic E-state index is -0.108. The summed E-state index contributed by atoms with van der Waals surface area (Å²) in [7, 11) is 0. The molecule has 0 aliphatic carbocycles. The van der Waals surface area contributed by atoms with E-state index in [9.17, 15) is 4.79 Å². The lowest BCUT2D eigenvalue weighted by atomic mass is 10.0. The number of hydrogen-bond acceptors (Lipinski definition) is 6. The fraction of sp³-hybridized carbons (Fsp3) is 0.972. The molecule has 0 aliphatic heterocycles. The zero-order valence-corrected chi connectivity index (χ0v) is 28.3. The third-order valence-corrected chi connectivity index (χ3v) is 7.69. The lowest BCUT2D eigenvalue weighted by Crippen LogP contribution is -2.12. The van der Waals surface area contributed by atoms with E-state index in [1.54, 1.807) is 0 Å². The molecule has 0 fully saturated rings. The Hall–Kier alpha value is -0.690. The molecule has 252 valence electrons. The van der Waals surface area contributed by atoms with Crippen LogP contribution in [0.15, 0.2) is 0 Å². The van der Waals surface area contributed by atoms with Crippen LogP contribution in [0.4, 0.5) is 0 Å². The molecule has 0 amide bonds. The van der Waals surface area contributed by atoms with Gasteiger partial charge in [0.15, 0.2) is 0 Å². The summed E-state index contributed by atoms with van der Waals surface area (Å²) < 4.78 is 27.6. The molecular weight excluding hydrogens is 528 g/mol. The Kier molecular flexibility index (Phi) is 37.7. The van der Waals surface area contributed by atoms with Crippen molar-refractivity contribution in [2.24, 2.45) is 0 Å². The van der Waals surface area contributed by atoms with Crippen LogP contribution in [-0.2, 0) is 28.5 Å². The van der Waals surface area contributed by atoms with Gasteiger partial charge in [0, 0.05) is 19.6 Å². The quantitative estimate of drug-likeness (QED) is 0.0522. The van der Waals surface area contributed by atoms with Crippen molar-refractivity contribution >= 4 is 5.97 Å². The van der Waals surface area contributed by atoms with Crippen molar-refractivity contribution in [2.45, 2.75) is 168 Å². The molecule has 0 bridgehead atoms. The lowest BCUT2D eigenvalue weighted by molar-refractivity contribution is -0.144. The number of unbranched alkanes of at least 4 members (excludes halogenated alkanes) is 20. The van der Waals surface area contributed by atoms with E-state index < -0.39 is 0 Å². The van der Waals surface area contributed by atoms with Crippen molar-refractivity contribution < 1.29 is 28.5 Å². The highest BCUT2D eigenvalue weighted by Crippen LogP contribution is 2.13. The van der Waals surface area contributed by atoms with Gasteiger partial charge >= 0.3 is 5.97 Å². The Bertz CT molecular complexity index is 501. The van der Waals surface area contributed by atoms with Gasteiger partial charge in [0.25, 0.3) is 0 Å². The van der Waals surface area contributed by atoms with Gasteiger partial charge in [-0.25, -0.2) is 0 Å². The molecule has 0 saturated carbocycles. The third-order valence-electron chi connectivity index (χ3n) is 7.69. The Balaban J connectivity index is 3.13. The third kappa shape index (κ3) is 37.3. The van der Waals surface area contributed by atoms with Gasteiger partial charge in [-0.3, -0.25) is 4.79 Å². The number of carbonyl (C=O) groups is 1. The fourth-order valence-corrected chi connectivity index (χ4v) is 4.97. The maximum Gasteiger partial charge on any atom is 0.305 e. The Morgan fingerprint density at radius 3 is 1.00 bits per heavy atom. The summed E-state index contributed by atoms with van der Waals surface area (Å²) in [5, 5.41) is 0. The van der Waals surface area contributed by atoms with Crippen LogP contribution in [0.1, 0.15) is 168 Å². The van der Waals surface area contributed by atoms with Crippen molar-refractivity contribution in [1.29, 1.82) is 0 Å². The van der Waals surface area contributed by atoms with Gasteiger partial charge in [-0.1, -0.05) is 142 Å². The van der Waals surface area contributed by atoms with Crippen LogP contribution in [0, 0.1) is 0 Å². The van der Waals surface area contributed by atoms with E-state index in [0.717, 1.165) is 25.9 Å². The molecule has 0 aromatic rings. The number of ether oxygens (including phenoxy) is 5. The van der Waals surface area contributed by atoms with Crippen LogP contribution < -0.4 is 0 Å². The number of carbonyl (C=O) groups excluding carboxylic acids is 1. The molecule has 0 rings (SSSR count). The van der Waals surface area contributed by atoms with E-state index in [4.69, 9.17) is 23.7 Å². The van der Waals surface area contributed by atoms with E-state index in [1.807, 2.05) is 0 Å². The first-order chi connectivity index (χ1) is 20.8. The molecule has 42 heavy (non-hydrogen) atoms. The molecule has 0 saturated heterocycles. The minimum Gasteiger partial charge on any atom is -0.466 e. The van der Waals surface area contributed by atoms with E-state index in [2.05, 4.69) is 13.8 Å². The molecule has 0 aliphatic rings. The van der Waals surface area contributed by atoms with Gasteiger partial charge in [-0.2, -0.15) is 0 Å². The van der Waals surface area contributed by atoms with E-state index >= 15 is 0 Å². The lowest BCUT2D eigenvalue weighted by Gasteiger charge is -2.08. The topological polar surface area (TPSA) is 63.2 Å². The normalized spacial score (nSPS) is 11.4. The molecule has 6 heteroatoms. The minimum absolute atomic E-state index is 0.108. The summed E-state index contributed by atoms with van der Waals surface area (Å²) in [5.41, 5.74) is 0. The first-order valence-corrected chi connectivity index (χ1v) is 18.3. The largest absolute Gasteiger partial charge is 0.466 e. The molecule has 0 heterocycles. The SMILES string of the molecule is CCCCCCCCCCCCCCCCOC(=O)CCCOCCOCCOCCOCCCCCCCCCC. The van der Waals surface area contributed by atoms with Crippen LogP contribution in [0.2, 0.25) is 0 Å². The average Bonchev–Trinajstić information content (AvgIpc) is 3.00. The average molecular weight is 601 g/mol. The molecule has 0 atom stereocenters. The van der Waals surface area contributed by atoms with E-state index in [-0.39, 0.29) is 5.97 Å². The zero-order chi connectivity index (χ0) is 30.4. The molecule has 0 aromatic carbocycles. The monoisotopic (exact) mass is 601 g/mol. The summed E-state index contributed by atoms with van der Waals surface area (Å²) >= 11 is 0. The van der Waals surface area contributed by atoms with Crippen LogP contribution in [0.25, 0.3) is 0 Å². The second-order valence-electron chi connectivity index (χ2n) is 11.8. The van der Waals surface area contributed by atoms with Crippen molar-refractivity contribution in [3.8, 4) is 0 Å². The fourth-order valence-electron chi connectivity index (χ4n) is 4.97. The molecule has 0 N–H and O–H groups in total. The van der Waals surface area contributed by atoms with Crippen molar-refractivity contribution in [3.63, 3.8) is 0 Å². The van der Waals surface area contributed by atoms with Gasteiger partial charge in [-0.05, 0) is 19.3 Å². The highest BCUT2D eigenvalue weighted by atomic mass is 16.6. The Labute approximate surface area is 261 Å². The summed E-state index contributed by atoms with van der Waals surface area (Å²) in [6.45, 7) is 9.98. The second kappa shape index (κ2) is 38.3. The standard InChI is InChI=1S/C36H72O6/c1-3-5-7-9-11-13-14-15-16-17-18-20-22-24-29-42-36(37)26-25-28-39-31-33-41-35-34-40-32-30-38-27-23-21-19-12-10-8-6-4-2/h3-35H2,1-2H3. The number of hydrogen-bond donors (Lipinski definition) is 0. The van der Waals surface area contributed by atoms with Crippen LogP contribution in [0.3, 0.4) is 0 Å². The van der Waals surface area contributed by atoms with E-state index in [1.165, 1.54) is 122 Å². The smallest absolute Gasteiger partial charge is 0.305 e.